The van der Waals surface area contributed by atoms with Crippen molar-refractivity contribution in [3.63, 3.8) is 0 Å². The average molecular weight is 379 g/mol. The number of benzene rings is 1. The Morgan fingerprint density at radius 2 is 1.67 bits per heavy atom. The van der Waals surface area contributed by atoms with Crippen LogP contribution in [0, 0.1) is 0 Å². The molecule has 1 N–H and O–H groups in total. The van der Waals surface area contributed by atoms with Crippen molar-refractivity contribution >= 4 is 25.6 Å². The summed E-state index contributed by atoms with van der Waals surface area (Å²) in [5, 5.41) is 9.34. The van der Waals surface area contributed by atoms with Crippen LogP contribution in [-0.2, 0) is 23.6 Å². The predicted octanol–water partition coefficient (Wildman–Crippen LogP) is 1.35. The van der Waals surface area contributed by atoms with Crippen LogP contribution in [0.1, 0.15) is 38.1 Å². The first-order chi connectivity index (χ1) is 12.7. The van der Waals surface area contributed by atoms with E-state index in [0.717, 1.165) is 0 Å². The lowest BCUT2D eigenvalue weighted by atomic mass is 10.1. The largest absolute Gasteiger partial charge is 0.575 e. The van der Waals surface area contributed by atoms with E-state index < -0.39 is 30.1 Å². The molecule has 1 heterocycles. The summed E-state index contributed by atoms with van der Waals surface area (Å²) in [6.45, 7) is 7.07. The van der Waals surface area contributed by atoms with E-state index in [0.29, 0.717) is 7.69 Å². The van der Waals surface area contributed by atoms with E-state index in [1.165, 1.54) is 12.1 Å². The number of carboxylic acid groups (broad SMARTS) is 1. The van der Waals surface area contributed by atoms with Crippen LogP contribution in [0.15, 0.2) is 18.2 Å². The third kappa shape index (κ3) is 5.13. The van der Waals surface area contributed by atoms with Gasteiger partial charge in [0.2, 0.25) is 6.10 Å². The molecule has 1 aromatic rings. The minimum absolute atomic E-state index is 0.0820. The molecule has 0 spiro atoms. The fourth-order valence-electron chi connectivity index (χ4n) is 2.29. The van der Waals surface area contributed by atoms with Crippen molar-refractivity contribution in [2.45, 2.75) is 52.1 Å². The van der Waals surface area contributed by atoms with Gasteiger partial charge in [-0.3, -0.25) is 4.79 Å². The smallest absolute Gasteiger partial charge is 0.509 e. The maximum Gasteiger partial charge on any atom is 0.575 e. The molecular formula is C17H20BO9. The molecule has 1 aromatic carbocycles. The second-order valence-electron chi connectivity index (χ2n) is 6.22. The number of hydrogen-bond acceptors (Lipinski definition) is 8. The number of carboxylic acids is 1. The monoisotopic (exact) mass is 379 g/mol. The van der Waals surface area contributed by atoms with E-state index >= 15 is 0 Å². The Balaban J connectivity index is 2.36. The summed E-state index contributed by atoms with van der Waals surface area (Å²) in [7, 11) is 0.694. The van der Waals surface area contributed by atoms with Crippen molar-refractivity contribution in [3.05, 3.63) is 23.8 Å². The molecule has 1 aliphatic heterocycles. The standard InChI is InChI=1S/C17H20BO9/c1-8(2)23-10-6-5-7-11(24-9(3)4)12(10)16(21)25-13(15(19)20)14-17(22)27-18-26-14/h5-9,13-14H,1-4H3,(H,19,20)/t13-,14-/m0/s1. The second-order valence-corrected chi connectivity index (χ2v) is 6.22. The minimum Gasteiger partial charge on any atom is -0.509 e. The molecule has 27 heavy (non-hydrogen) atoms. The van der Waals surface area contributed by atoms with Crippen LogP contribution in [0.5, 0.6) is 11.5 Å². The van der Waals surface area contributed by atoms with E-state index in [2.05, 4.69) is 4.65 Å². The maximum atomic E-state index is 12.8. The van der Waals surface area contributed by atoms with Crippen molar-refractivity contribution in [1.82, 2.24) is 0 Å². The topological polar surface area (TPSA) is 118 Å². The molecule has 0 saturated carbocycles. The predicted molar refractivity (Wildman–Crippen MR) is 91.5 cm³/mol. The SMILES string of the molecule is CC(C)Oc1cccc(OC(C)C)c1C(=O)O[C@H](C(=O)O)[C@@H]1O[B]OC1=O. The first-order valence-electron chi connectivity index (χ1n) is 8.28. The molecule has 1 fully saturated rings. The summed E-state index contributed by atoms with van der Waals surface area (Å²) >= 11 is 0. The number of esters is 1. The molecule has 0 aliphatic carbocycles. The molecule has 0 unspecified atom stereocenters. The van der Waals surface area contributed by atoms with E-state index in [-0.39, 0.29) is 29.3 Å². The Morgan fingerprint density at radius 1 is 1.11 bits per heavy atom. The van der Waals surface area contributed by atoms with Crippen LogP contribution in [0.4, 0.5) is 0 Å². The Kier molecular flexibility index (Phi) is 6.67. The van der Waals surface area contributed by atoms with Crippen molar-refractivity contribution < 1.29 is 43.0 Å². The number of carbonyl (C=O) groups excluding carboxylic acids is 2. The minimum atomic E-state index is -1.90. The van der Waals surface area contributed by atoms with Gasteiger partial charge in [0.15, 0.2) is 6.10 Å². The maximum absolute atomic E-state index is 12.8. The first kappa shape index (κ1) is 20.6. The Hall–Kier alpha value is -2.75. The first-order valence-corrected chi connectivity index (χ1v) is 8.28. The van der Waals surface area contributed by atoms with Gasteiger partial charge >= 0.3 is 25.6 Å². The highest BCUT2D eigenvalue weighted by Gasteiger charge is 2.44. The Bertz CT molecular complexity index is 688. The van der Waals surface area contributed by atoms with Crippen molar-refractivity contribution in [2.75, 3.05) is 0 Å². The van der Waals surface area contributed by atoms with Crippen molar-refractivity contribution in [1.29, 1.82) is 0 Å². The van der Waals surface area contributed by atoms with Gasteiger partial charge in [0.25, 0.3) is 0 Å². The van der Waals surface area contributed by atoms with Gasteiger partial charge in [-0.05, 0) is 39.8 Å². The highest BCUT2D eigenvalue weighted by molar-refractivity contribution is 6.26. The zero-order valence-corrected chi connectivity index (χ0v) is 15.3. The summed E-state index contributed by atoms with van der Waals surface area (Å²) in [6.07, 6.45) is -4.02. The lowest BCUT2D eigenvalue weighted by Crippen LogP contribution is -2.42. The summed E-state index contributed by atoms with van der Waals surface area (Å²) in [4.78, 5) is 35.8. The van der Waals surface area contributed by atoms with Crippen LogP contribution >= 0.6 is 0 Å². The normalized spacial score (nSPS) is 17.3. The molecule has 0 aromatic heterocycles. The van der Waals surface area contributed by atoms with E-state index in [9.17, 15) is 19.5 Å². The lowest BCUT2D eigenvalue weighted by molar-refractivity contribution is -0.158. The third-order valence-electron chi connectivity index (χ3n) is 3.27. The van der Waals surface area contributed by atoms with Gasteiger partial charge in [-0.15, -0.1) is 0 Å². The van der Waals surface area contributed by atoms with Gasteiger partial charge in [-0.1, -0.05) is 6.07 Å². The fourth-order valence-corrected chi connectivity index (χ4v) is 2.29. The summed E-state index contributed by atoms with van der Waals surface area (Å²) in [5.74, 6) is -3.23. The van der Waals surface area contributed by atoms with E-state index in [1.54, 1.807) is 33.8 Å². The molecular weight excluding hydrogens is 359 g/mol. The number of hydrogen-bond donors (Lipinski definition) is 1. The molecule has 145 valence electrons. The van der Waals surface area contributed by atoms with Gasteiger partial charge < -0.3 is 28.6 Å². The van der Waals surface area contributed by atoms with E-state index in [1.807, 2.05) is 0 Å². The quantitative estimate of drug-likeness (QED) is 0.527. The number of carbonyl (C=O) groups is 3. The van der Waals surface area contributed by atoms with Crippen LogP contribution in [0.3, 0.4) is 0 Å². The lowest BCUT2D eigenvalue weighted by Gasteiger charge is -2.21. The fraction of sp³-hybridized carbons (Fsp3) is 0.471. The van der Waals surface area contributed by atoms with Crippen LogP contribution in [-0.4, -0.2) is 55.1 Å². The number of aliphatic carboxylic acids is 1. The highest BCUT2D eigenvalue weighted by atomic mass is 16.7. The van der Waals surface area contributed by atoms with E-state index in [4.69, 9.17) is 18.9 Å². The van der Waals surface area contributed by atoms with Gasteiger partial charge in [0, 0.05) is 0 Å². The molecule has 1 radical (unpaired) electrons. The van der Waals surface area contributed by atoms with Crippen LogP contribution in [0.2, 0.25) is 0 Å². The highest BCUT2D eigenvalue weighted by Crippen LogP contribution is 2.31. The zero-order chi connectivity index (χ0) is 20.1. The molecule has 10 heteroatoms. The average Bonchev–Trinajstić information content (AvgIpc) is 2.97. The summed E-state index contributed by atoms with van der Waals surface area (Å²) in [5.41, 5.74) is -0.0820. The van der Waals surface area contributed by atoms with Crippen molar-refractivity contribution in [2.24, 2.45) is 0 Å². The molecule has 0 amide bonds. The van der Waals surface area contributed by atoms with Crippen LogP contribution < -0.4 is 9.47 Å². The number of ether oxygens (including phenoxy) is 3. The molecule has 2 atom stereocenters. The number of rotatable bonds is 8. The second kappa shape index (κ2) is 8.76. The van der Waals surface area contributed by atoms with Gasteiger partial charge in [-0.2, -0.15) is 0 Å². The summed E-state index contributed by atoms with van der Waals surface area (Å²) in [6, 6.07) is 4.70. The molecule has 2 rings (SSSR count). The van der Waals surface area contributed by atoms with Crippen LogP contribution in [0.25, 0.3) is 0 Å². The molecule has 1 aliphatic rings. The van der Waals surface area contributed by atoms with Gasteiger partial charge in [0.1, 0.15) is 17.1 Å². The Labute approximate surface area is 156 Å². The molecule has 1 saturated heterocycles. The summed E-state index contributed by atoms with van der Waals surface area (Å²) < 4.78 is 25.5. The van der Waals surface area contributed by atoms with Crippen molar-refractivity contribution in [3.8, 4) is 11.5 Å². The molecule has 9 nitrogen and oxygen atoms in total. The zero-order valence-electron chi connectivity index (χ0n) is 15.3. The van der Waals surface area contributed by atoms with Gasteiger partial charge in [-0.25, -0.2) is 9.59 Å². The molecule has 0 bridgehead atoms. The third-order valence-corrected chi connectivity index (χ3v) is 3.27. The Morgan fingerprint density at radius 3 is 2.07 bits per heavy atom. The van der Waals surface area contributed by atoms with Gasteiger partial charge in [0.05, 0.1) is 12.2 Å².